The lowest BCUT2D eigenvalue weighted by Crippen LogP contribution is -2.30. The molecule has 0 radical (unpaired) electrons. The lowest BCUT2D eigenvalue weighted by molar-refractivity contribution is -0.141. The van der Waals surface area contributed by atoms with Gasteiger partial charge in [-0.3, -0.25) is 9.59 Å². The Morgan fingerprint density at radius 1 is 1.44 bits per heavy atom. The molecule has 1 aromatic rings. The summed E-state index contributed by atoms with van der Waals surface area (Å²) in [6.45, 7) is 2.84. The van der Waals surface area contributed by atoms with Gasteiger partial charge in [-0.05, 0) is 53.6 Å². The van der Waals surface area contributed by atoms with Crippen LogP contribution in [0.2, 0.25) is 0 Å². The molecule has 0 saturated carbocycles. The van der Waals surface area contributed by atoms with Gasteiger partial charge in [-0.2, -0.15) is 0 Å². The number of carbonyl (C=O) groups excluding carboxylic acids is 1. The molecule has 1 fully saturated rings. The molecule has 1 heterocycles. The van der Waals surface area contributed by atoms with Gasteiger partial charge in [-0.25, -0.2) is 0 Å². The Hall–Kier alpha value is -1.11. The van der Waals surface area contributed by atoms with Crippen LogP contribution in [0.25, 0.3) is 0 Å². The number of nitrogens with zero attached hydrogens (tertiary/aromatic N) is 1. The number of likely N-dealkylation sites (tertiary alicyclic amines) is 1. The predicted molar refractivity (Wildman–Crippen MR) is 75.5 cm³/mol. The first-order valence-corrected chi connectivity index (χ1v) is 6.85. The summed E-state index contributed by atoms with van der Waals surface area (Å²) in [5.74, 6) is -1.31. The van der Waals surface area contributed by atoms with E-state index in [4.69, 9.17) is 5.11 Å². The minimum absolute atomic E-state index is 0.0725. The molecule has 1 saturated heterocycles. The van der Waals surface area contributed by atoms with E-state index in [2.05, 4.69) is 22.6 Å². The lowest BCUT2D eigenvalue weighted by atomic mass is 10.1. The number of halogens is 1. The van der Waals surface area contributed by atoms with Crippen molar-refractivity contribution in [2.45, 2.75) is 13.3 Å². The van der Waals surface area contributed by atoms with Crippen molar-refractivity contribution in [2.24, 2.45) is 5.92 Å². The molecule has 5 heteroatoms. The third-order valence-corrected chi connectivity index (χ3v) is 4.41. The van der Waals surface area contributed by atoms with E-state index in [1.54, 1.807) is 11.0 Å². The topological polar surface area (TPSA) is 57.6 Å². The van der Waals surface area contributed by atoms with Gasteiger partial charge >= 0.3 is 5.97 Å². The highest BCUT2D eigenvalue weighted by Gasteiger charge is 2.31. The SMILES string of the molecule is Cc1ccc(C(=O)N2CCC(C(=O)O)C2)cc1I. The molecule has 1 N–H and O–H groups in total. The van der Waals surface area contributed by atoms with Gasteiger partial charge in [0.05, 0.1) is 5.92 Å². The molecule has 0 aromatic heterocycles. The molecule has 0 spiro atoms. The molecule has 2 rings (SSSR count). The summed E-state index contributed by atoms with van der Waals surface area (Å²) in [4.78, 5) is 24.7. The number of carboxylic acids is 1. The Morgan fingerprint density at radius 3 is 2.72 bits per heavy atom. The molecule has 0 bridgehead atoms. The van der Waals surface area contributed by atoms with Crippen molar-refractivity contribution in [2.75, 3.05) is 13.1 Å². The molecule has 96 valence electrons. The third-order valence-electron chi connectivity index (χ3n) is 3.24. The Bertz CT molecular complexity index is 501. The maximum atomic E-state index is 12.2. The Labute approximate surface area is 119 Å². The fourth-order valence-corrected chi connectivity index (χ4v) is 2.57. The zero-order chi connectivity index (χ0) is 13.3. The van der Waals surface area contributed by atoms with Crippen LogP contribution < -0.4 is 0 Å². The molecule has 1 aliphatic rings. The predicted octanol–water partition coefficient (Wildman–Crippen LogP) is 2.15. The summed E-state index contributed by atoms with van der Waals surface area (Å²) in [6.07, 6.45) is 0.546. The second-order valence-corrected chi connectivity index (χ2v) is 5.70. The van der Waals surface area contributed by atoms with Crippen LogP contribution in [0.3, 0.4) is 0 Å². The van der Waals surface area contributed by atoms with Gasteiger partial charge in [-0.1, -0.05) is 6.07 Å². The fourth-order valence-electron chi connectivity index (χ4n) is 2.05. The normalized spacial score (nSPS) is 19.0. The number of carbonyl (C=O) groups is 2. The first-order valence-electron chi connectivity index (χ1n) is 5.77. The largest absolute Gasteiger partial charge is 0.481 e. The minimum atomic E-state index is -0.816. The van der Waals surface area contributed by atoms with E-state index in [1.807, 2.05) is 19.1 Å². The number of carboxylic acid groups (broad SMARTS) is 1. The number of amides is 1. The molecular weight excluding hydrogens is 345 g/mol. The van der Waals surface area contributed by atoms with Crippen LogP contribution in [0.4, 0.5) is 0 Å². The van der Waals surface area contributed by atoms with E-state index < -0.39 is 11.9 Å². The zero-order valence-corrected chi connectivity index (χ0v) is 12.2. The zero-order valence-electron chi connectivity index (χ0n) is 10.0. The average molecular weight is 359 g/mol. The van der Waals surface area contributed by atoms with E-state index in [-0.39, 0.29) is 5.91 Å². The van der Waals surface area contributed by atoms with Crippen molar-refractivity contribution < 1.29 is 14.7 Å². The number of hydrogen-bond acceptors (Lipinski definition) is 2. The van der Waals surface area contributed by atoms with E-state index in [9.17, 15) is 9.59 Å². The molecule has 4 nitrogen and oxygen atoms in total. The molecule has 1 aliphatic heterocycles. The second kappa shape index (κ2) is 5.26. The lowest BCUT2D eigenvalue weighted by Gasteiger charge is -2.16. The number of rotatable bonds is 2. The summed E-state index contributed by atoms with van der Waals surface area (Å²) in [5, 5.41) is 8.92. The van der Waals surface area contributed by atoms with Crippen LogP contribution >= 0.6 is 22.6 Å². The van der Waals surface area contributed by atoms with Crippen LogP contribution in [0.15, 0.2) is 18.2 Å². The van der Waals surface area contributed by atoms with E-state index in [0.717, 1.165) is 9.13 Å². The molecule has 18 heavy (non-hydrogen) atoms. The van der Waals surface area contributed by atoms with Crippen molar-refractivity contribution in [3.63, 3.8) is 0 Å². The summed E-state index contributed by atoms with van der Waals surface area (Å²) < 4.78 is 1.05. The van der Waals surface area contributed by atoms with Gasteiger partial charge in [0.25, 0.3) is 5.91 Å². The second-order valence-electron chi connectivity index (χ2n) is 4.54. The van der Waals surface area contributed by atoms with Crippen molar-refractivity contribution in [3.8, 4) is 0 Å². The van der Waals surface area contributed by atoms with Gasteiger partial charge in [0, 0.05) is 22.2 Å². The number of aliphatic carboxylic acids is 1. The quantitative estimate of drug-likeness (QED) is 0.824. The maximum Gasteiger partial charge on any atom is 0.308 e. The first-order chi connectivity index (χ1) is 8.49. The van der Waals surface area contributed by atoms with Crippen molar-refractivity contribution in [1.82, 2.24) is 4.90 Å². The van der Waals surface area contributed by atoms with Crippen LogP contribution in [0, 0.1) is 16.4 Å². The Balaban J connectivity index is 2.12. The van der Waals surface area contributed by atoms with E-state index >= 15 is 0 Å². The smallest absolute Gasteiger partial charge is 0.308 e. The summed E-state index contributed by atoms with van der Waals surface area (Å²) in [6, 6.07) is 5.57. The molecule has 1 aromatic carbocycles. The van der Waals surface area contributed by atoms with Gasteiger partial charge in [0.1, 0.15) is 0 Å². The summed E-state index contributed by atoms with van der Waals surface area (Å²) >= 11 is 2.20. The van der Waals surface area contributed by atoms with Gasteiger partial charge in [0.15, 0.2) is 0 Å². The van der Waals surface area contributed by atoms with Crippen LogP contribution in [-0.4, -0.2) is 35.0 Å². The van der Waals surface area contributed by atoms with Crippen molar-refractivity contribution >= 4 is 34.5 Å². The number of benzene rings is 1. The summed E-state index contributed by atoms with van der Waals surface area (Å²) in [7, 11) is 0. The van der Waals surface area contributed by atoms with Crippen LogP contribution in [0.1, 0.15) is 22.3 Å². The van der Waals surface area contributed by atoms with E-state index in [1.165, 1.54) is 0 Å². The molecule has 0 aliphatic carbocycles. The molecule has 1 atom stereocenters. The van der Waals surface area contributed by atoms with Crippen molar-refractivity contribution in [3.05, 3.63) is 32.9 Å². The van der Waals surface area contributed by atoms with Crippen LogP contribution in [0.5, 0.6) is 0 Å². The number of hydrogen-bond donors (Lipinski definition) is 1. The third kappa shape index (κ3) is 2.66. The average Bonchev–Trinajstić information content (AvgIpc) is 2.81. The minimum Gasteiger partial charge on any atom is -0.481 e. The van der Waals surface area contributed by atoms with Gasteiger partial charge in [0.2, 0.25) is 0 Å². The summed E-state index contributed by atoms with van der Waals surface area (Å²) in [5.41, 5.74) is 1.77. The standard InChI is InChI=1S/C13H14INO3/c1-8-2-3-9(6-11(8)14)12(16)15-5-4-10(7-15)13(17)18/h2-3,6,10H,4-5,7H2,1H3,(H,17,18). The highest BCUT2D eigenvalue weighted by Crippen LogP contribution is 2.20. The fraction of sp³-hybridized carbons (Fsp3) is 0.385. The molecular formula is C13H14INO3. The monoisotopic (exact) mass is 359 g/mol. The maximum absolute atomic E-state index is 12.2. The number of aryl methyl sites for hydroxylation is 1. The van der Waals surface area contributed by atoms with Gasteiger partial charge in [-0.15, -0.1) is 0 Å². The molecule has 1 unspecified atom stereocenters. The van der Waals surface area contributed by atoms with Crippen LogP contribution in [-0.2, 0) is 4.79 Å². The van der Waals surface area contributed by atoms with Crippen molar-refractivity contribution in [1.29, 1.82) is 0 Å². The highest BCUT2D eigenvalue weighted by molar-refractivity contribution is 14.1. The Morgan fingerprint density at radius 2 is 2.17 bits per heavy atom. The van der Waals surface area contributed by atoms with Gasteiger partial charge < -0.3 is 10.0 Å². The molecule has 1 amide bonds. The highest BCUT2D eigenvalue weighted by atomic mass is 127. The Kier molecular flexibility index (Phi) is 3.89. The first kappa shape index (κ1) is 13.3. The van der Waals surface area contributed by atoms with E-state index in [0.29, 0.717) is 25.1 Å².